The van der Waals surface area contributed by atoms with Crippen molar-refractivity contribution in [2.45, 2.75) is 0 Å². The fourth-order valence-corrected chi connectivity index (χ4v) is 2.35. The minimum absolute atomic E-state index is 0.0277. The largest absolute Gasteiger partial charge is 0.506 e. The van der Waals surface area contributed by atoms with Crippen LogP contribution in [0.3, 0.4) is 0 Å². The molecule has 24 heavy (non-hydrogen) atoms. The van der Waals surface area contributed by atoms with Gasteiger partial charge in [-0.15, -0.1) is 0 Å². The summed E-state index contributed by atoms with van der Waals surface area (Å²) in [5.41, 5.74) is -0.310. The van der Waals surface area contributed by atoms with Crippen molar-refractivity contribution in [3.63, 3.8) is 0 Å². The van der Waals surface area contributed by atoms with Crippen molar-refractivity contribution in [2.75, 3.05) is 10.6 Å². The number of rotatable bonds is 4. The van der Waals surface area contributed by atoms with Gasteiger partial charge in [-0.05, 0) is 30.3 Å². The topological polar surface area (TPSA) is 102 Å². The molecule has 0 aliphatic rings. The van der Waals surface area contributed by atoms with Gasteiger partial charge in [-0.25, -0.2) is 0 Å². The number of phenols is 1. The van der Waals surface area contributed by atoms with Gasteiger partial charge < -0.3 is 15.7 Å². The van der Waals surface area contributed by atoms with Crippen LogP contribution >= 0.6 is 11.6 Å². The summed E-state index contributed by atoms with van der Waals surface area (Å²) in [5.74, 6) is -0.203. The van der Waals surface area contributed by atoms with Crippen molar-refractivity contribution < 1.29 is 5.11 Å². The van der Waals surface area contributed by atoms with Crippen molar-refractivity contribution in [2.24, 2.45) is 0 Å². The second-order valence-electron chi connectivity index (χ2n) is 4.98. The van der Waals surface area contributed by atoms with Gasteiger partial charge in [0, 0.05) is 0 Å². The molecule has 0 saturated heterocycles. The van der Waals surface area contributed by atoms with Gasteiger partial charge in [0.2, 0.25) is 0 Å². The molecule has 0 spiro atoms. The molecule has 118 valence electrons. The molecule has 0 aromatic heterocycles. The van der Waals surface area contributed by atoms with Gasteiger partial charge in [-0.2, -0.15) is 5.26 Å². The molecular formula is C17H10ClN3O3. The Morgan fingerprint density at radius 3 is 2.17 bits per heavy atom. The van der Waals surface area contributed by atoms with E-state index >= 15 is 0 Å². The van der Waals surface area contributed by atoms with Gasteiger partial charge in [0.25, 0.3) is 10.9 Å². The zero-order valence-corrected chi connectivity index (χ0v) is 12.9. The molecule has 3 N–H and O–H groups in total. The number of para-hydroxylation sites is 1. The van der Waals surface area contributed by atoms with Gasteiger partial charge in [0.1, 0.15) is 17.1 Å². The summed E-state index contributed by atoms with van der Waals surface area (Å²) in [5, 5.41) is 24.6. The summed E-state index contributed by atoms with van der Waals surface area (Å²) in [6.07, 6.45) is 0. The van der Waals surface area contributed by atoms with E-state index in [0.29, 0.717) is 10.7 Å². The van der Waals surface area contributed by atoms with Gasteiger partial charge in [-0.1, -0.05) is 23.7 Å². The molecule has 6 nitrogen and oxygen atoms in total. The van der Waals surface area contributed by atoms with E-state index in [9.17, 15) is 14.7 Å². The monoisotopic (exact) mass is 339 g/mol. The van der Waals surface area contributed by atoms with Gasteiger partial charge >= 0.3 is 0 Å². The van der Waals surface area contributed by atoms with Crippen LogP contribution in [0.15, 0.2) is 52.1 Å². The average molecular weight is 340 g/mol. The number of aromatic hydroxyl groups is 1. The van der Waals surface area contributed by atoms with Crippen LogP contribution in [-0.2, 0) is 0 Å². The summed E-state index contributed by atoms with van der Waals surface area (Å²) < 4.78 is 0. The predicted octanol–water partition coefficient (Wildman–Crippen LogP) is 3.00. The third kappa shape index (κ3) is 2.69. The predicted molar refractivity (Wildman–Crippen MR) is 92.2 cm³/mol. The van der Waals surface area contributed by atoms with Crippen LogP contribution in [0.25, 0.3) is 0 Å². The van der Waals surface area contributed by atoms with Crippen LogP contribution < -0.4 is 21.5 Å². The first-order valence-corrected chi connectivity index (χ1v) is 7.24. The Bertz CT molecular complexity index is 1050. The summed E-state index contributed by atoms with van der Waals surface area (Å²) in [6.45, 7) is 0. The van der Waals surface area contributed by atoms with Gasteiger partial charge in [0.15, 0.2) is 0 Å². The maximum absolute atomic E-state index is 11.8. The van der Waals surface area contributed by atoms with E-state index in [4.69, 9.17) is 16.9 Å². The van der Waals surface area contributed by atoms with Crippen LogP contribution in [0.5, 0.6) is 5.75 Å². The van der Waals surface area contributed by atoms with Crippen molar-refractivity contribution in [3.8, 4) is 11.8 Å². The summed E-state index contributed by atoms with van der Waals surface area (Å²) in [6, 6.07) is 12.9. The number of halogens is 1. The highest BCUT2D eigenvalue weighted by Crippen LogP contribution is 2.31. The maximum Gasteiger partial charge on any atom is 0.253 e. The first-order valence-electron chi connectivity index (χ1n) is 6.86. The standard InChI is InChI=1S/C17H10ClN3O3/c18-10-3-1-2-4-11(10)20-14-15(17(24)16(14)23)21-12-6-5-9(8-19)7-13(12)22/h1-7,20-22H. The van der Waals surface area contributed by atoms with Gasteiger partial charge in [0.05, 0.1) is 28.0 Å². The second kappa shape index (κ2) is 6.07. The molecule has 0 aliphatic heterocycles. The number of nitriles is 1. The Kier molecular flexibility index (Phi) is 3.94. The molecule has 3 aromatic rings. The smallest absolute Gasteiger partial charge is 0.253 e. The molecule has 0 heterocycles. The molecule has 3 rings (SSSR count). The number of benzene rings is 2. The number of nitrogens with one attached hydrogen (secondary N) is 2. The summed E-state index contributed by atoms with van der Waals surface area (Å²) in [4.78, 5) is 23.6. The Hall–Kier alpha value is -3.30. The molecule has 0 radical (unpaired) electrons. The second-order valence-corrected chi connectivity index (χ2v) is 5.39. The first-order chi connectivity index (χ1) is 11.5. The van der Waals surface area contributed by atoms with Crippen molar-refractivity contribution in [1.82, 2.24) is 0 Å². The average Bonchev–Trinajstić information content (AvgIpc) is 2.60. The fourth-order valence-electron chi connectivity index (χ4n) is 2.17. The zero-order chi connectivity index (χ0) is 17.3. The third-order valence-corrected chi connectivity index (χ3v) is 3.76. The molecule has 3 aromatic carbocycles. The molecule has 7 heteroatoms. The van der Waals surface area contributed by atoms with E-state index in [2.05, 4.69) is 10.6 Å². The first kappa shape index (κ1) is 15.6. The number of hydrogen-bond donors (Lipinski definition) is 3. The normalized spacial score (nSPS) is 10.3. The summed E-state index contributed by atoms with van der Waals surface area (Å²) >= 11 is 6.03. The Morgan fingerprint density at radius 2 is 1.58 bits per heavy atom. The molecular weight excluding hydrogens is 330 g/mol. The lowest BCUT2D eigenvalue weighted by Gasteiger charge is -2.16. The SMILES string of the molecule is N#Cc1ccc(Nc2c(Nc3ccccc3Cl)c(=O)c2=O)c(O)c1. The number of phenolic OH excluding ortho intramolecular Hbond substituents is 1. The van der Waals surface area contributed by atoms with Crippen LogP contribution in [0.1, 0.15) is 5.56 Å². The number of anilines is 4. The van der Waals surface area contributed by atoms with E-state index in [0.717, 1.165) is 0 Å². The summed E-state index contributed by atoms with van der Waals surface area (Å²) in [7, 11) is 0. The lowest BCUT2D eigenvalue weighted by Crippen LogP contribution is -2.35. The molecule has 0 unspecified atom stereocenters. The number of hydrogen-bond acceptors (Lipinski definition) is 6. The Balaban J connectivity index is 1.93. The molecule has 0 saturated carbocycles. The zero-order valence-electron chi connectivity index (χ0n) is 12.1. The maximum atomic E-state index is 11.8. The quantitative estimate of drug-likeness (QED) is 0.499. The van der Waals surface area contributed by atoms with Crippen LogP contribution in [0, 0.1) is 11.3 Å². The third-order valence-electron chi connectivity index (χ3n) is 3.43. The molecule has 0 bridgehead atoms. The fraction of sp³-hybridized carbons (Fsp3) is 0. The van der Waals surface area contributed by atoms with Crippen LogP contribution in [-0.4, -0.2) is 5.11 Å². The minimum Gasteiger partial charge on any atom is -0.506 e. The van der Waals surface area contributed by atoms with Crippen molar-refractivity contribution in [3.05, 3.63) is 73.5 Å². The highest BCUT2D eigenvalue weighted by Gasteiger charge is 2.22. The minimum atomic E-state index is -0.701. The number of nitrogens with zero attached hydrogens (tertiary/aromatic N) is 1. The van der Waals surface area contributed by atoms with E-state index in [1.165, 1.54) is 18.2 Å². The van der Waals surface area contributed by atoms with E-state index in [1.807, 2.05) is 6.07 Å². The molecule has 0 amide bonds. The van der Waals surface area contributed by atoms with Crippen LogP contribution in [0.2, 0.25) is 5.02 Å². The molecule has 0 atom stereocenters. The van der Waals surface area contributed by atoms with Crippen LogP contribution in [0.4, 0.5) is 22.7 Å². The van der Waals surface area contributed by atoms with E-state index in [-0.39, 0.29) is 28.4 Å². The van der Waals surface area contributed by atoms with Crippen molar-refractivity contribution >= 4 is 34.4 Å². The van der Waals surface area contributed by atoms with Gasteiger partial charge in [-0.3, -0.25) is 9.59 Å². The molecule has 0 aliphatic carbocycles. The van der Waals surface area contributed by atoms with Crippen molar-refractivity contribution in [1.29, 1.82) is 5.26 Å². The molecule has 0 fully saturated rings. The highest BCUT2D eigenvalue weighted by molar-refractivity contribution is 6.33. The van der Waals surface area contributed by atoms with E-state index in [1.54, 1.807) is 24.3 Å². The lowest BCUT2D eigenvalue weighted by atomic mass is 10.1. The highest BCUT2D eigenvalue weighted by atomic mass is 35.5. The van der Waals surface area contributed by atoms with E-state index < -0.39 is 10.9 Å². The lowest BCUT2D eigenvalue weighted by molar-refractivity contribution is 0.477. The Labute approximate surface area is 141 Å². The Morgan fingerprint density at radius 1 is 0.958 bits per heavy atom.